The van der Waals surface area contributed by atoms with Gasteiger partial charge in [0.15, 0.2) is 0 Å². The van der Waals surface area contributed by atoms with E-state index in [2.05, 4.69) is 49.0 Å². The highest BCUT2D eigenvalue weighted by Gasteiger charge is 2.27. The van der Waals surface area contributed by atoms with Gasteiger partial charge in [-0.1, -0.05) is 20.8 Å². The molecule has 2 nitrogen and oxygen atoms in total. The summed E-state index contributed by atoms with van der Waals surface area (Å²) in [5.41, 5.74) is 0.357. The first-order valence-electron chi connectivity index (χ1n) is 4.99. The van der Waals surface area contributed by atoms with E-state index in [1.54, 1.807) is 0 Å². The Morgan fingerprint density at radius 2 is 2.23 bits per heavy atom. The number of fused-ring (bicyclic) bond motifs is 1. The standard InChI is InChI=1S/C11H18N2/c1-11(2,3)9-6-8-13-7-4-5-10(13)12-9/h4-5,7,9,12H,6,8H2,1-3H3. The quantitative estimate of drug-likeness (QED) is 0.646. The van der Waals surface area contributed by atoms with Crippen molar-refractivity contribution in [1.29, 1.82) is 0 Å². The van der Waals surface area contributed by atoms with Gasteiger partial charge in [0, 0.05) is 18.8 Å². The SMILES string of the molecule is CC(C)(C)C1CCn2cccc2N1. The molecule has 0 amide bonds. The maximum absolute atomic E-state index is 3.58. The number of rotatable bonds is 0. The third-order valence-corrected chi connectivity index (χ3v) is 2.86. The van der Waals surface area contributed by atoms with Crippen LogP contribution in [0.5, 0.6) is 0 Å². The Kier molecular flexibility index (Phi) is 1.86. The lowest BCUT2D eigenvalue weighted by atomic mass is 9.84. The lowest BCUT2D eigenvalue weighted by Crippen LogP contribution is -2.38. The molecule has 1 N–H and O–H groups in total. The van der Waals surface area contributed by atoms with Crippen molar-refractivity contribution in [3.05, 3.63) is 18.3 Å². The molecule has 72 valence electrons. The molecule has 0 spiro atoms. The fraction of sp³-hybridized carbons (Fsp3) is 0.636. The lowest BCUT2D eigenvalue weighted by Gasteiger charge is -2.36. The van der Waals surface area contributed by atoms with Crippen molar-refractivity contribution in [2.75, 3.05) is 5.32 Å². The van der Waals surface area contributed by atoms with Crippen molar-refractivity contribution in [3.63, 3.8) is 0 Å². The summed E-state index contributed by atoms with van der Waals surface area (Å²) in [4.78, 5) is 0. The van der Waals surface area contributed by atoms with E-state index in [1.807, 2.05) is 0 Å². The molecule has 2 rings (SSSR count). The van der Waals surface area contributed by atoms with Crippen LogP contribution in [0, 0.1) is 5.41 Å². The average molecular weight is 178 g/mol. The van der Waals surface area contributed by atoms with Crippen LogP contribution >= 0.6 is 0 Å². The maximum atomic E-state index is 3.58. The van der Waals surface area contributed by atoms with Gasteiger partial charge in [0.1, 0.15) is 5.82 Å². The molecule has 1 aromatic rings. The first kappa shape index (κ1) is 8.67. The van der Waals surface area contributed by atoms with Crippen molar-refractivity contribution in [2.24, 2.45) is 5.41 Å². The number of anilines is 1. The van der Waals surface area contributed by atoms with E-state index < -0.39 is 0 Å². The van der Waals surface area contributed by atoms with Gasteiger partial charge in [-0.15, -0.1) is 0 Å². The number of nitrogens with zero attached hydrogens (tertiary/aromatic N) is 1. The number of nitrogens with one attached hydrogen (secondary N) is 1. The highest BCUT2D eigenvalue weighted by Crippen LogP contribution is 2.29. The Balaban J connectivity index is 2.18. The van der Waals surface area contributed by atoms with E-state index in [1.165, 1.54) is 12.2 Å². The van der Waals surface area contributed by atoms with E-state index >= 15 is 0 Å². The Morgan fingerprint density at radius 3 is 2.92 bits per heavy atom. The molecule has 13 heavy (non-hydrogen) atoms. The Morgan fingerprint density at radius 1 is 1.46 bits per heavy atom. The molecule has 0 aliphatic carbocycles. The van der Waals surface area contributed by atoms with Gasteiger partial charge in [0.25, 0.3) is 0 Å². The van der Waals surface area contributed by atoms with Gasteiger partial charge in [0.05, 0.1) is 0 Å². The summed E-state index contributed by atoms with van der Waals surface area (Å²) in [6, 6.07) is 4.86. The van der Waals surface area contributed by atoms with Crippen LogP contribution in [0.25, 0.3) is 0 Å². The Labute approximate surface area is 79.9 Å². The van der Waals surface area contributed by atoms with Crippen LogP contribution in [-0.4, -0.2) is 10.6 Å². The molecular formula is C11H18N2. The zero-order chi connectivity index (χ0) is 9.47. The summed E-state index contributed by atoms with van der Waals surface area (Å²) in [5.74, 6) is 1.27. The van der Waals surface area contributed by atoms with Crippen molar-refractivity contribution in [2.45, 2.75) is 39.8 Å². The summed E-state index contributed by atoms with van der Waals surface area (Å²) in [6.45, 7) is 8.03. The summed E-state index contributed by atoms with van der Waals surface area (Å²) >= 11 is 0. The summed E-state index contributed by atoms with van der Waals surface area (Å²) in [5, 5.41) is 3.58. The molecule has 2 heterocycles. The highest BCUT2D eigenvalue weighted by molar-refractivity contribution is 5.39. The van der Waals surface area contributed by atoms with E-state index in [0.29, 0.717) is 11.5 Å². The van der Waals surface area contributed by atoms with Crippen molar-refractivity contribution in [1.82, 2.24) is 4.57 Å². The molecule has 0 bridgehead atoms. The second kappa shape index (κ2) is 2.79. The molecular weight excluding hydrogens is 160 g/mol. The second-order valence-electron chi connectivity index (χ2n) is 4.94. The van der Waals surface area contributed by atoms with E-state index in [9.17, 15) is 0 Å². The van der Waals surface area contributed by atoms with E-state index in [4.69, 9.17) is 0 Å². The molecule has 1 atom stereocenters. The van der Waals surface area contributed by atoms with Crippen LogP contribution < -0.4 is 5.32 Å². The minimum atomic E-state index is 0.357. The van der Waals surface area contributed by atoms with Crippen LogP contribution in [-0.2, 0) is 6.54 Å². The minimum absolute atomic E-state index is 0.357. The normalized spacial score (nSPS) is 22.2. The molecule has 1 unspecified atom stereocenters. The lowest BCUT2D eigenvalue weighted by molar-refractivity contribution is 0.302. The van der Waals surface area contributed by atoms with Crippen LogP contribution in [0.2, 0.25) is 0 Å². The molecule has 0 radical (unpaired) electrons. The van der Waals surface area contributed by atoms with Crippen LogP contribution in [0.4, 0.5) is 5.82 Å². The van der Waals surface area contributed by atoms with Crippen molar-refractivity contribution >= 4 is 5.82 Å². The van der Waals surface area contributed by atoms with E-state index in [0.717, 1.165) is 6.54 Å². The summed E-state index contributed by atoms with van der Waals surface area (Å²) in [6.07, 6.45) is 3.37. The molecule has 0 saturated heterocycles. The highest BCUT2D eigenvalue weighted by atomic mass is 15.2. The number of hydrogen-bond donors (Lipinski definition) is 1. The van der Waals surface area contributed by atoms with Gasteiger partial charge < -0.3 is 9.88 Å². The molecule has 1 aliphatic rings. The third kappa shape index (κ3) is 1.58. The number of aryl methyl sites for hydroxylation is 1. The third-order valence-electron chi connectivity index (χ3n) is 2.86. The topological polar surface area (TPSA) is 17.0 Å². The molecule has 0 saturated carbocycles. The zero-order valence-electron chi connectivity index (χ0n) is 8.67. The average Bonchev–Trinajstić information content (AvgIpc) is 2.47. The first-order chi connectivity index (χ1) is 6.07. The van der Waals surface area contributed by atoms with Gasteiger partial charge in [-0.3, -0.25) is 0 Å². The molecule has 2 heteroatoms. The van der Waals surface area contributed by atoms with Gasteiger partial charge in [-0.2, -0.15) is 0 Å². The second-order valence-corrected chi connectivity index (χ2v) is 4.94. The number of hydrogen-bond acceptors (Lipinski definition) is 1. The van der Waals surface area contributed by atoms with Gasteiger partial charge in [0.2, 0.25) is 0 Å². The molecule has 0 aromatic carbocycles. The van der Waals surface area contributed by atoms with Gasteiger partial charge in [-0.05, 0) is 24.0 Å². The zero-order valence-corrected chi connectivity index (χ0v) is 8.67. The van der Waals surface area contributed by atoms with Crippen molar-refractivity contribution < 1.29 is 0 Å². The largest absolute Gasteiger partial charge is 0.368 e. The fourth-order valence-electron chi connectivity index (χ4n) is 1.91. The molecule has 1 aliphatic heterocycles. The molecule has 1 aromatic heterocycles. The predicted octanol–water partition coefficient (Wildman–Crippen LogP) is 2.72. The smallest absolute Gasteiger partial charge is 0.106 e. The van der Waals surface area contributed by atoms with Gasteiger partial charge in [-0.25, -0.2) is 0 Å². The fourth-order valence-corrected chi connectivity index (χ4v) is 1.91. The Hall–Kier alpha value is -0.920. The van der Waals surface area contributed by atoms with E-state index in [-0.39, 0.29) is 0 Å². The first-order valence-corrected chi connectivity index (χ1v) is 4.99. The summed E-state index contributed by atoms with van der Waals surface area (Å²) in [7, 11) is 0. The van der Waals surface area contributed by atoms with Crippen molar-refractivity contribution in [3.8, 4) is 0 Å². The molecule has 0 fully saturated rings. The summed E-state index contributed by atoms with van der Waals surface area (Å²) < 4.78 is 2.28. The van der Waals surface area contributed by atoms with Gasteiger partial charge >= 0.3 is 0 Å². The number of aromatic nitrogens is 1. The maximum Gasteiger partial charge on any atom is 0.106 e. The Bertz CT molecular complexity index is 293. The van der Waals surface area contributed by atoms with Crippen LogP contribution in [0.1, 0.15) is 27.2 Å². The van der Waals surface area contributed by atoms with Crippen LogP contribution in [0.15, 0.2) is 18.3 Å². The van der Waals surface area contributed by atoms with Crippen LogP contribution in [0.3, 0.4) is 0 Å². The monoisotopic (exact) mass is 178 g/mol. The predicted molar refractivity (Wildman–Crippen MR) is 55.9 cm³/mol. The minimum Gasteiger partial charge on any atom is -0.368 e.